The van der Waals surface area contributed by atoms with E-state index in [-0.39, 0.29) is 5.57 Å². The summed E-state index contributed by atoms with van der Waals surface area (Å²) in [5.74, 6) is 1.36. The summed E-state index contributed by atoms with van der Waals surface area (Å²) in [6.07, 6.45) is 1.71. The third-order valence-corrected chi connectivity index (χ3v) is 2.29. The Kier molecular flexibility index (Phi) is 2.45. The van der Waals surface area contributed by atoms with E-state index in [4.69, 9.17) is 15.3 Å². The van der Waals surface area contributed by atoms with Gasteiger partial charge in [-0.15, -0.1) is 0 Å². The molecule has 1 aromatic rings. The highest BCUT2D eigenvalue weighted by Gasteiger charge is 2.17. The van der Waals surface area contributed by atoms with Gasteiger partial charge < -0.3 is 4.74 Å². The molecule has 0 fully saturated rings. The number of allylic oxidation sites excluding steroid dienone is 4. The molecule has 0 radical (unpaired) electrons. The van der Waals surface area contributed by atoms with Crippen LogP contribution in [0.5, 0.6) is 5.75 Å². The summed E-state index contributed by atoms with van der Waals surface area (Å²) in [6.45, 7) is 1.79. The van der Waals surface area contributed by atoms with Gasteiger partial charge in [0.1, 0.15) is 29.2 Å². The number of ether oxygens (including phenoxy) is 1. The monoisotopic (exact) mass is 208 g/mol. The molecule has 0 aliphatic carbocycles. The first kappa shape index (κ1) is 10.0. The van der Waals surface area contributed by atoms with E-state index in [0.29, 0.717) is 17.1 Å². The molecule has 0 saturated heterocycles. The standard InChI is InChI=1S/C13H8N2O/c1-9-6-12(10(7-14)8-15)11-4-2-3-5-13(11)16-9/h2-6H,1H3. The zero-order chi connectivity index (χ0) is 11.5. The molecule has 16 heavy (non-hydrogen) atoms. The van der Waals surface area contributed by atoms with E-state index in [1.54, 1.807) is 13.0 Å². The van der Waals surface area contributed by atoms with E-state index < -0.39 is 0 Å². The summed E-state index contributed by atoms with van der Waals surface area (Å²) in [5, 5.41) is 17.8. The molecule has 76 valence electrons. The number of nitrogens with zero attached hydrogens (tertiary/aromatic N) is 2. The van der Waals surface area contributed by atoms with Gasteiger partial charge in [-0.3, -0.25) is 0 Å². The molecule has 0 unspecified atom stereocenters. The van der Waals surface area contributed by atoms with Gasteiger partial charge in [-0.1, -0.05) is 18.2 Å². The normalized spacial score (nSPS) is 12.7. The Bertz CT molecular complexity index is 567. The molecule has 1 heterocycles. The van der Waals surface area contributed by atoms with Crippen molar-refractivity contribution >= 4 is 5.57 Å². The Balaban J connectivity index is 2.72. The van der Waals surface area contributed by atoms with Gasteiger partial charge in [0.25, 0.3) is 0 Å². The second kappa shape index (κ2) is 3.92. The van der Waals surface area contributed by atoms with E-state index in [0.717, 1.165) is 5.56 Å². The van der Waals surface area contributed by atoms with Crippen molar-refractivity contribution in [2.24, 2.45) is 0 Å². The summed E-state index contributed by atoms with van der Waals surface area (Å²) in [4.78, 5) is 0. The van der Waals surface area contributed by atoms with Crippen LogP contribution in [-0.2, 0) is 0 Å². The highest BCUT2D eigenvalue weighted by atomic mass is 16.5. The molecule has 0 N–H and O–H groups in total. The van der Waals surface area contributed by atoms with Gasteiger partial charge in [0, 0.05) is 11.1 Å². The molecule has 3 nitrogen and oxygen atoms in total. The minimum atomic E-state index is 0.107. The Morgan fingerprint density at radius 3 is 2.56 bits per heavy atom. The Hall–Kier alpha value is -2.52. The van der Waals surface area contributed by atoms with E-state index in [9.17, 15) is 0 Å². The van der Waals surface area contributed by atoms with Crippen LogP contribution >= 0.6 is 0 Å². The van der Waals surface area contributed by atoms with E-state index in [2.05, 4.69) is 0 Å². The number of benzene rings is 1. The second-order valence-corrected chi connectivity index (χ2v) is 3.37. The fourth-order valence-corrected chi connectivity index (χ4v) is 1.61. The topological polar surface area (TPSA) is 56.8 Å². The molecule has 0 bridgehead atoms. The van der Waals surface area contributed by atoms with Crippen LogP contribution in [-0.4, -0.2) is 0 Å². The second-order valence-electron chi connectivity index (χ2n) is 3.37. The molecule has 1 aromatic carbocycles. The summed E-state index contributed by atoms with van der Waals surface area (Å²) in [7, 11) is 0. The SMILES string of the molecule is CC1=CC(=C(C#N)C#N)c2ccccc2O1. The third-order valence-electron chi connectivity index (χ3n) is 2.29. The van der Waals surface area contributed by atoms with E-state index in [1.165, 1.54) is 0 Å². The van der Waals surface area contributed by atoms with Crippen molar-refractivity contribution in [1.82, 2.24) is 0 Å². The van der Waals surface area contributed by atoms with Crippen molar-refractivity contribution in [3.05, 3.63) is 47.2 Å². The minimum Gasteiger partial charge on any atom is -0.461 e. The fourth-order valence-electron chi connectivity index (χ4n) is 1.61. The van der Waals surface area contributed by atoms with Crippen LogP contribution in [0.25, 0.3) is 5.57 Å². The van der Waals surface area contributed by atoms with Gasteiger partial charge in [-0.25, -0.2) is 0 Å². The molecule has 0 atom stereocenters. The number of rotatable bonds is 0. The van der Waals surface area contributed by atoms with Crippen molar-refractivity contribution in [3.63, 3.8) is 0 Å². The molecule has 2 rings (SSSR count). The zero-order valence-electron chi connectivity index (χ0n) is 8.69. The van der Waals surface area contributed by atoms with Crippen LogP contribution in [0.15, 0.2) is 41.7 Å². The zero-order valence-corrected chi connectivity index (χ0v) is 8.69. The predicted molar refractivity (Wildman–Crippen MR) is 59.0 cm³/mol. The smallest absolute Gasteiger partial charge is 0.137 e. The van der Waals surface area contributed by atoms with Crippen molar-refractivity contribution in [3.8, 4) is 17.9 Å². The first-order valence-electron chi connectivity index (χ1n) is 4.76. The molecule has 0 aromatic heterocycles. The molecule has 0 amide bonds. The Morgan fingerprint density at radius 1 is 1.19 bits per heavy atom. The highest BCUT2D eigenvalue weighted by Crippen LogP contribution is 2.34. The van der Waals surface area contributed by atoms with E-state index in [1.807, 2.05) is 36.4 Å². The van der Waals surface area contributed by atoms with Gasteiger partial charge in [-0.05, 0) is 19.1 Å². The first-order valence-corrected chi connectivity index (χ1v) is 4.76. The van der Waals surface area contributed by atoms with Gasteiger partial charge in [0.15, 0.2) is 0 Å². The predicted octanol–water partition coefficient (Wildman–Crippen LogP) is 2.78. The molecule has 1 aliphatic heterocycles. The maximum atomic E-state index is 8.89. The average molecular weight is 208 g/mol. The number of fused-ring (bicyclic) bond motifs is 1. The van der Waals surface area contributed by atoms with Crippen LogP contribution < -0.4 is 4.74 Å². The summed E-state index contributed by atoms with van der Waals surface area (Å²) < 4.78 is 5.51. The fraction of sp³-hybridized carbons (Fsp3) is 0.0769. The Morgan fingerprint density at radius 2 is 1.88 bits per heavy atom. The van der Waals surface area contributed by atoms with Crippen molar-refractivity contribution < 1.29 is 4.74 Å². The molecule has 0 saturated carbocycles. The largest absolute Gasteiger partial charge is 0.461 e. The van der Waals surface area contributed by atoms with Gasteiger partial charge >= 0.3 is 0 Å². The van der Waals surface area contributed by atoms with Crippen LogP contribution in [0.3, 0.4) is 0 Å². The average Bonchev–Trinajstić information content (AvgIpc) is 2.30. The molecular formula is C13H8N2O. The number of nitriles is 2. The van der Waals surface area contributed by atoms with Gasteiger partial charge in [-0.2, -0.15) is 10.5 Å². The summed E-state index contributed by atoms with van der Waals surface area (Å²) in [5.41, 5.74) is 1.52. The lowest BCUT2D eigenvalue weighted by molar-refractivity contribution is 0.422. The first-order chi connectivity index (χ1) is 7.76. The third kappa shape index (κ3) is 1.55. The lowest BCUT2D eigenvalue weighted by Gasteiger charge is -2.17. The van der Waals surface area contributed by atoms with Crippen molar-refractivity contribution in [2.45, 2.75) is 6.92 Å². The van der Waals surface area contributed by atoms with E-state index >= 15 is 0 Å². The number of hydrogen-bond donors (Lipinski definition) is 0. The number of hydrogen-bond acceptors (Lipinski definition) is 3. The summed E-state index contributed by atoms with van der Waals surface area (Å²) in [6, 6.07) is 11.2. The molecule has 0 spiro atoms. The summed E-state index contributed by atoms with van der Waals surface area (Å²) >= 11 is 0. The van der Waals surface area contributed by atoms with Gasteiger partial charge in [0.05, 0.1) is 0 Å². The molecule has 3 heteroatoms. The van der Waals surface area contributed by atoms with Crippen LogP contribution in [0.2, 0.25) is 0 Å². The van der Waals surface area contributed by atoms with Crippen molar-refractivity contribution in [2.75, 3.05) is 0 Å². The lowest BCUT2D eigenvalue weighted by atomic mass is 9.97. The quantitative estimate of drug-likeness (QED) is 0.616. The van der Waals surface area contributed by atoms with Gasteiger partial charge in [0.2, 0.25) is 0 Å². The van der Waals surface area contributed by atoms with Crippen LogP contribution in [0.4, 0.5) is 0 Å². The lowest BCUT2D eigenvalue weighted by Crippen LogP contribution is -2.02. The maximum Gasteiger partial charge on any atom is 0.137 e. The maximum absolute atomic E-state index is 8.89. The van der Waals surface area contributed by atoms with Crippen molar-refractivity contribution in [1.29, 1.82) is 10.5 Å². The van der Waals surface area contributed by atoms with Crippen LogP contribution in [0.1, 0.15) is 12.5 Å². The number of para-hydroxylation sites is 1. The Labute approximate surface area is 93.5 Å². The highest BCUT2D eigenvalue weighted by molar-refractivity contribution is 5.86. The molecular weight excluding hydrogens is 200 g/mol. The minimum absolute atomic E-state index is 0.107. The molecule has 1 aliphatic rings. The van der Waals surface area contributed by atoms with Crippen LogP contribution in [0, 0.1) is 22.7 Å².